The standard InChI is InChI=1S/C17H20BrFN2/c1-12-8-14(6-7-16(12)19)17(10-20)21(2)11-13-4-3-5-15(18)9-13/h3-9,17H,10-11,20H2,1-2H3. The van der Waals surface area contributed by atoms with E-state index >= 15 is 0 Å². The highest BCUT2D eigenvalue weighted by atomic mass is 79.9. The summed E-state index contributed by atoms with van der Waals surface area (Å²) in [4.78, 5) is 2.19. The van der Waals surface area contributed by atoms with Crippen molar-refractivity contribution in [3.8, 4) is 0 Å². The molecule has 0 saturated carbocycles. The van der Waals surface area contributed by atoms with Crippen molar-refractivity contribution in [3.05, 3.63) is 69.4 Å². The number of likely N-dealkylation sites (N-methyl/N-ethyl adjacent to an activating group) is 1. The van der Waals surface area contributed by atoms with Gasteiger partial charge in [-0.3, -0.25) is 4.90 Å². The Labute approximate surface area is 133 Å². The maximum Gasteiger partial charge on any atom is 0.126 e. The molecule has 2 nitrogen and oxygen atoms in total. The highest BCUT2D eigenvalue weighted by Gasteiger charge is 2.16. The molecule has 0 radical (unpaired) electrons. The number of benzene rings is 2. The third-order valence-corrected chi connectivity index (χ3v) is 4.14. The molecule has 1 atom stereocenters. The Kier molecular flexibility index (Phi) is 5.51. The third kappa shape index (κ3) is 4.13. The first kappa shape index (κ1) is 16.1. The van der Waals surface area contributed by atoms with Crippen LogP contribution in [0.2, 0.25) is 0 Å². The van der Waals surface area contributed by atoms with Crippen LogP contribution in [0.4, 0.5) is 4.39 Å². The second-order valence-corrected chi connectivity index (χ2v) is 6.22. The average molecular weight is 351 g/mol. The summed E-state index contributed by atoms with van der Waals surface area (Å²) in [7, 11) is 2.04. The molecule has 0 spiro atoms. The van der Waals surface area contributed by atoms with Crippen LogP contribution in [0.15, 0.2) is 46.9 Å². The van der Waals surface area contributed by atoms with E-state index in [4.69, 9.17) is 5.73 Å². The van der Waals surface area contributed by atoms with Crippen LogP contribution in [-0.2, 0) is 6.54 Å². The van der Waals surface area contributed by atoms with E-state index in [-0.39, 0.29) is 11.9 Å². The lowest BCUT2D eigenvalue weighted by Gasteiger charge is -2.28. The Bertz CT molecular complexity index is 615. The van der Waals surface area contributed by atoms with E-state index in [2.05, 4.69) is 33.0 Å². The van der Waals surface area contributed by atoms with Gasteiger partial charge >= 0.3 is 0 Å². The number of nitrogens with two attached hydrogens (primary N) is 1. The third-order valence-electron chi connectivity index (χ3n) is 3.64. The molecule has 0 aliphatic rings. The molecule has 0 bridgehead atoms. The highest BCUT2D eigenvalue weighted by molar-refractivity contribution is 9.10. The molecule has 0 fully saturated rings. The van der Waals surface area contributed by atoms with Crippen molar-refractivity contribution in [2.24, 2.45) is 5.73 Å². The normalized spacial score (nSPS) is 12.7. The maximum atomic E-state index is 13.4. The molecule has 0 saturated heterocycles. The molecule has 0 heterocycles. The van der Waals surface area contributed by atoms with Gasteiger partial charge in [-0.1, -0.05) is 40.2 Å². The van der Waals surface area contributed by atoms with E-state index in [0.29, 0.717) is 12.1 Å². The molecule has 0 amide bonds. The molecular formula is C17H20BrFN2. The smallest absolute Gasteiger partial charge is 0.126 e. The van der Waals surface area contributed by atoms with E-state index in [9.17, 15) is 4.39 Å². The Morgan fingerprint density at radius 2 is 2.00 bits per heavy atom. The van der Waals surface area contributed by atoms with Crippen molar-refractivity contribution in [1.82, 2.24) is 4.90 Å². The SMILES string of the molecule is Cc1cc(C(CN)N(C)Cc2cccc(Br)c2)ccc1F. The van der Waals surface area contributed by atoms with Gasteiger partial charge in [-0.2, -0.15) is 0 Å². The maximum absolute atomic E-state index is 13.4. The molecule has 1 unspecified atom stereocenters. The van der Waals surface area contributed by atoms with Crippen molar-refractivity contribution in [3.63, 3.8) is 0 Å². The number of rotatable bonds is 5. The summed E-state index contributed by atoms with van der Waals surface area (Å²) in [5.41, 5.74) is 8.85. The predicted octanol–water partition coefficient (Wildman–Crippen LogP) is 4.03. The largest absolute Gasteiger partial charge is 0.329 e. The minimum atomic E-state index is -0.177. The van der Waals surface area contributed by atoms with Gasteiger partial charge in [-0.05, 0) is 48.9 Å². The Morgan fingerprint density at radius 3 is 2.62 bits per heavy atom. The second kappa shape index (κ2) is 7.16. The number of halogens is 2. The second-order valence-electron chi connectivity index (χ2n) is 5.31. The van der Waals surface area contributed by atoms with E-state index in [1.54, 1.807) is 6.92 Å². The molecule has 2 rings (SSSR count). The van der Waals surface area contributed by atoms with Crippen LogP contribution in [0.5, 0.6) is 0 Å². The summed E-state index contributed by atoms with van der Waals surface area (Å²) in [6.45, 7) is 3.06. The first-order valence-corrected chi connectivity index (χ1v) is 7.71. The number of hydrogen-bond acceptors (Lipinski definition) is 2. The molecule has 0 aliphatic heterocycles. The Morgan fingerprint density at radius 1 is 1.24 bits per heavy atom. The number of aryl methyl sites for hydroxylation is 1. The van der Waals surface area contributed by atoms with Crippen LogP contribution in [0, 0.1) is 12.7 Å². The van der Waals surface area contributed by atoms with Crippen molar-refractivity contribution >= 4 is 15.9 Å². The van der Waals surface area contributed by atoms with E-state index in [0.717, 1.165) is 16.6 Å². The summed E-state index contributed by atoms with van der Waals surface area (Å²) in [6.07, 6.45) is 0. The quantitative estimate of drug-likeness (QED) is 0.881. The van der Waals surface area contributed by atoms with Gasteiger partial charge in [0.15, 0.2) is 0 Å². The van der Waals surface area contributed by atoms with E-state index in [1.165, 1.54) is 11.6 Å². The molecule has 4 heteroatoms. The van der Waals surface area contributed by atoms with Crippen LogP contribution in [0.25, 0.3) is 0 Å². The lowest BCUT2D eigenvalue weighted by Crippen LogP contribution is -2.30. The number of nitrogens with zero attached hydrogens (tertiary/aromatic N) is 1. The lowest BCUT2D eigenvalue weighted by molar-refractivity contribution is 0.241. The molecule has 2 N–H and O–H groups in total. The van der Waals surface area contributed by atoms with Gasteiger partial charge in [-0.15, -0.1) is 0 Å². The lowest BCUT2D eigenvalue weighted by atomic mass is 10.0. The van der Waals surface area contributed by atoms with Gasteiger partial charge in [-0.25, -0.2) is 4.39 Å². The van der Waals surface area contributed by atoms with Crippen LogP contribution in [0.1, 0.15) is 22.7 Å². The van der Waals surface area contributed by atoms with Crippen LogP contribution in [-0.4, -0.2) is 18.5 Å². The van der Waals surface area contributed by atoms with Crippen molar-refractivity contribution < 1.29 is 4.39 Å². The zero-order chi connectivity index (χ0) is 15.4. The summed E-state index contributed by atoms with van der Waals surface area (Å²) >= 11 is 3.48. The minimum Gasteiger partial charge on any atom is -0.329 e. The summed E-state index contributed by atoms with van der Waals surface area (Å²) in [6, 6.07) is 13.5. The van der Waals surface area contributed by atoms with Crippen LogP contribution < -0.4 is 5.73 Å². The Balaban J connectivity index is 2.18. The molecule has 0 aliphatic carbocycles. The molecule has 112 valence electrons. The topological polar surface area (TPSA) is 29.3 Å². The zero-order valence-electron chi connectivity index (χ0n) is 12.3. The molecule has 2 aromatic carbocycles. The summed E-state index contributed by atoms with van der Waals surface area (Å²) in [5.74, 6) is -0.177. The van der Waals surface area contributed by atoms with Crippen LogP contribution in [0.3, 0.4) is 0 Å². The summed E-state index contributed by atoms with van der Waals surface area (Å²) < 4.78 is 14.5. The van der Waals surface area contributed by atoms with Gasteiger partial charge in [0, 0.05) is 23.6 Å². The van der Waals surface area contributed by atoms with Gasteiger partial charge < -0.3 is 5.73 Å². The highest BCUT2D eigenvalue weighted by Crippen LogP contribution is 2.23. The van der Waals surface area contributed by atoms with Gasteiger partial charge in [0.05, 0.1) is 0 Å². The molecule has 0 aromatic heterocycles. The fourth-order valence-electron chi connectivity index (χ4n) is 2.48. The predicted molar refractivity (Wildman–Crippen MR) is 88.5 cm³/mol. The minimum absolute atomic E-state index is 0.0725. The first-order chi connectivity index (χ1) is 10.0. The van der Waals surface area contributed by atoms with Crippen LogP contribution >= 0.6 is 15.9 Å². The van der Waals surface area contributed by atoms with E-state index < -0.39 is 0 Å². The summed E-state index contributed by atoms with van der Waals surface area (Å²) in [5, 5.41) is 0. The fraction of sp³-hybridized carbons (Fsp3) is 0.294. The molecule has 2 aromatic rings. The molecule has 21 heavy (non-hydrogen) atoms. The van der Waals surface area contributed by atoms with Crippen molar-refractivity contribution in [1.29, 1.82) is 0 Å². The Hall–Kier alpha value is -1.23. The zero-order valence-corrected chi connectivity index (χ0v) is 13.9. The van der Waals surface area contributed by atoms with Gasteiger partial charge in [0.2, 0.25) is 0 Å². The average Bonchev–Trinajstić information content (AvgIpc) is 2.43. The number of hydrogen-bond donors (Lipinski definition) is 1. The van der Waals surface area contributed by atoms with Crippen molar-refractivity contribution in [2.45, 2.75) is 19.5 Å². The fourth-order valence-corrected chi connectivity index (χ4v) is 2.93. The van der Waals surface area contributed by atoms with Gasteiger partial charge in [0.25, 0.3) is 0 Å². The van der Waals surface area contributed by atoms with Gasteiger partial charge in [0.1, 0.15) is 5.82 Å². The molecular weight excluding hydrogens is 331 g/mol. The van der Waals surface area contributed by atoms with Crippen molar-refractivity contribution in [2.75, 3.05) is 13.6 Å². The van der Waals surface area contributed by atoms with E-state index in [1.807, 2.05) is 31.3 Å². The monoisotopic (exact) mass is 350 g/mol. The first-order valence-electron chi connectivity index (χ1n) is 6.92.